The fraction of sp³-hybridized carbons (Fsp3) is 0.400. The molecule has 0 spiro atoms. The average molecular weight is 511 g/mol. The van der Waals surface area contributed by atoms with Gasteiger partial charge in [-0.15, -0.1) is 0 Å². The van der Waals surface area contributed by atoms with Crippen LogP contribution in [0.4, 0.5) is 32.2 Å². The molecule has 1 aliphatic rings. The number of amides is 1. The number of carbonyl (C=O) groups is 1. The molecule has 0 atom stereocenters. The maximum absolute atomic E-state index is 13.0. The first-order valence-corrected chi connectivity index (χ1v) is 11.7. The Morgan fingerprint density at radius 1 is 1.03 bits per heavy atom. The molecule has 0 bridgehead atoms. The maximum atomic E-state index is 13.0. The van der Waals surface area contributed by atoms with Gasteiger partial charge in [0, 0.05) is 38.6 Å². The normalized spacial score (nSPS) is 15.4. The molecule has 14 heteroatoms. The Hall–Kier alpha value is -3.03. The first kappa shape index (κ1) is 25.6. The zero-order valence-electron chi connectivity index (χ0n) is 17.7. The third-order valence-electron chi connectivity index (χ3n) is 4.96. The highest BCUT2D eigenvalue weighted by Crippen LogP contribution is 2.31. The van der Waals surface area contributed by atoms with E-state index in [1.807, 2.05) is 0 Å². The summed E-state index contributed by atoms with van der Waals surface area (Å²) in [6.07, 6.45) is -7.32. The fourth-order valence-corrected chi connectivity index (χ4v) is 3.92. The van der Waals surface area contributed by atoms with Crippen molar-refractivity contribution in [1.29, 1.82) is 0 Å². The van der Waals surface area contributed by atoms with Crippen molar-refractivity contribution in [3.63, 3.8) is 0 Å². The van der Waals surface area contributed by atoms with Crippen LogP contribution >= 0.6 is 0 Å². The van der Waals surface area contributed by atoms with Crippen molar-refractivity contribution in [3.05, 3.63) is 47.7 Å². The van der Waals surface area contributed by atoms with E-state index >= 15 is 0 Å². The number of piperazine rings is 1. The van der Waals surface area contributed by atoms with Crippen LogP contribution in [0.5, 0.6) is 5.75 Å². The molecule has 0 N–H and O–H groups in total. The fourth-order valence-electron chi connectivity index (χ4n) is 3.27. The highest BCUT2D eigenvalue weighted by atomic mass is 32.2. The van der Waals surface area contributed by atoms with Gasteiger partial charge >= 0.3 is 12.4 Å². The number of rotatable bonds is 5. The van der Waals surface area contributed by atoms with E-state index in [1.54, 1.807) is 0 Å². The van der Waals surface area contributed by atoms with Crippen molar-refractivity contribution in [1.82, 2.24) is 9.88 Å². The Morgan fingerprint density at radius 3 is 2.24 bits per heavy atom. The topological polar surface area (TPSA) is 79.8 Å². The number of halogens is 6. The molecule has 1 fully saturated rings. The molecular formula is C20H19F6N3O4S. The lowest BCUT2D eigenvalue weighted by molar-refractivity contribution is -0.153. The van der Waals surface area contributed by atoms with Crippen LogP contribution in [0.2, 0.25) is 0 Å². The zero-order chi connectivity index (χ0) is 25.3. The maximum Gasteiger partial charge on any atom is 0.422 e. The lowest BCUT2D eigenvalue weighted by Crippen LogP contribution is -2.49. The lowest BCUT2D eigenvalue weighted by Gasteiger charge is -2.35. The number of carbonyl (C=O) groups excluding carboxylic acids is 1. The Labute approximate surface area is 190 Å². The van der Waals surface area contributed by atoms with Gasteiger partial charge in [-0.25, -0.2) is 13.4 Å². The summed E-state index contributed by atoms with van der Waals surface area (Å²) in [5.74, 6) is -1.13. The molecule has 1 aromatic carbocycles. The Morgan fingerprint density at radius 2 is 1.68 bits per heavy atom. The second-order valence-electron chi connectivity index (χ2n) is 7.51. The highest BCUT2D eigenvalue weighted by molar-refractivity contribution is 7.90. The summed E-state index contributed by atoms with van der Waals surface area (Å²) in [6, 6.07) is 4.69. The summed E-state index contributed by atoms with van der Waals surface area (Å²) < 4.78 is 105. The number of pyridine rings is 1. The van der Waals surface area contributed by atoms with Crippen LogP contribution in [-0.2, 0) is 16.0 Å². The molecule has 186 valence electrons. The van der Waals surface area contributed by atoms with E-state index in [1.165, 1.54) is 9.80 Å². The van der Waals surface area contributed by atoms with Crippen LogP contribution in [0.15, 0.2) is 41.4 Å². The van der Waals surface area contributed by atoms with E-state index in [-0.39, 0.29) is 42.5 Å². The van der Waals surface area contributed by atoms with Gasteiger partial charge in [0.05, 0.1) is 16.0 Å². The number of aromatic nitrogens is 1. The van der Waals surface area contributed by atoms with Gasteiger partial charge in [-0.2, -0.15) is 26.3 Å². The Kier molecular flexibility index (Phi) is 7.01. The van der Waals surface area contributed by atoms with Gasteiger partial charge in [-0.05, 0) is 30.3 Å². The second kappa shape index (κ2) is 9.31. The summed E-state index contributed by atoms with van der Waals surface area (Å²) in [5.41, 5.74) is -1.24. The van der Waals surface area contributed by atoms with Gasteiger partial charge in [-0.3, -0.25) is 4.79 Å². The summed E-state index contributed by atoms with van der Waals surface area (Å²) >= 11 is 0. The number of sulfone groups is 1. The molecule has 1 aromatic heterocycles. The molecule has 0 saturated carbocycles. The SMILES string of the molecule is CS(=O)(=O)c1ccc(OCC(F)(F)F)c(C(=O)N2CCN(c3cc(C(F)(F)F)ccn3)CC2)c1. The van der Waals surface area contributed by atoms with Crippen LogP contribution < -0.4 is 9.64 Å². The smallest absolute Gasteiger partial charge is 0.422 e. The summed E-state index contributed by atoms with van der Waals surface area (Å²) in [7, 11) is -3.77. The van der Waals surface area contributed by atoms with Crippen LogP contribution in [0.3, 0.4) is 0 Å². The third-order valence-corrected chi connectivity index (χ3v) is 6.07. The molecule has 0 aliphatic carbocycles. The number of hydrogen-bond acceptors (Lipinski definition) is 6. The first-order chi connectivity index (χ1) is 15.6. The van der Waals surface area contributed by atoms with Crippen LogP contribution in [0.1, 0.15) is 15.9 Å². The molecule has 2 heterocycles. The molecule has 7 nitrogen and oxygen atoms in total. The molecule has 1 saturated heterocycles. The number of ether oxygens (including phenoxy) is 1. The van der Waals surface area contributed by atoms with E-state index in [0.717, 1.165) is 42.8 Å². The monoisotopic (exact) mass is 511 g/mol. The molecule has 1 amide bonds. The van der Waals surface area contributed by atoms with E-state index in [9.17, 15) is 39.6 Å². The second-order valence-corrected chi connectivity index (χ2v) is 9.53. The predicted molar refractivity (Wildman–Crippen MR) is 108 cm³/mol. The van der Waals surface area contributed by atoms with Gasteiger partial charge < -0.3 is 14.5 Å². The standard InChI is InChI=1S/C20H19F6N3O4S/c1-34(31,32)14-2-3-16(33-12-19(21,22)23)15(11-14)18(30)29-8-6-28(7-9-29)17-10-13(4-5-27-17)20(24,25)26/h2-5,10-11H,6-9,12H2,1H3. The van der Waals surface area contributed by atoms with Gasteiger partial charge in [0.15, 0.2) is 16.4 Å². The summed E-state index contributed by atoms with van der Waals surface area (Å²) in [5, 5.41) is 0. The van der Waals surface area contributed by atoms with Crippen molar-refractivity contribution in [2.75, 3.05) is 43.9 Å². The minimum atomic E-state index is -4.68. The molecule has 0 unspecified atom stereocenters. The molecular weight excluding hydrogens is 492 g/mol. The number of anilines is 1. The summed E-state index contributed by atoms with van der Waals surface area (Å²) in [4.78, 5) is 19.5. The third kappa shape index (κ3) is 6.30. The predicted octanol–water partition coefficient (Wildman–Crippen LogP) is 3.41. The van der Waals surface area contributed by atoms with Crippen molar-refractivity contribution in [2.24, 2.45) is 0 Å². The number of benzene rings is 1. The zero-order valence-corrected chi connectivity index (χ0v) is 18.5. The number of alkyl halides is 6. The van der Waals surface area contributed by atoms with Gasteiger partial charge in [-0.1, -0.05) is 0 Å². The lowest BCUT2D eigenvalue weighted by atomic mass is 10.1. The minimum absolute atomic E-state index is 0.0125. The number of nitrogens with zero attached hydrogens (tertiary/aromatic N) is 3. The molecule has 3 rings (SSSR count). The van der Waals surface area contributed by atoms with Crippen molar-refractivity contribution in [3.8, 4) is 5.75 Å². The Balaban J connectivity index is 1.80. The van der Waals surface area contributed by atoms with Crippen LogP contribution in [-0.4, -0.2) is 69.4 Å². The van der Waals surface area contributed by atoms with E-state index in [0.29, 0.717) is 0 Å². The largest absolute Gasteiger partial charge is 0.483 e. The Bertz CT molecular complexity index is 1160. The summed E-state index contributed by atoms with van der Waals surface area (Å²) in [6.45, 7) is -1.45. The van der Waals surface area contributed by atoms with E-state index in [2.05, 4.69) is 4.98 Å². The highest BCUT2D eigenvalue weighted by Gasteiger charge is 2.33. The van der Waals surface area contributed by atoms with E-state index < -0.39 is 46.0 Å². The first-order valence-electron chi connectivity index (χ1n) is 9.76. The molecule has 2 aromatic rings. The van der Waals surface area contributed by atoms with Crippen LogP contribution in [0, 0.1) is 0 Å². The number of hydrogen-bond donors (Lipinski definition) is 0. The van der Waals surface area contributed by atoms with Gasteiger partial charge in [0.25, 0.3) is 5.91 Å². The minimum Gasteiger partial charge on any atom is -0.483 e. The van der Waals surface area contributed by atoms with Crippen molar-refractivity contribution in [2.45, 2.75) is 17.2 Å². The quantitative estimate of drug-likeness (QED) is 0.573. The molecule has 1 aliphatic heterocycles. The van der Waals surface area contributed by atoms with Crippen molar-refractivity contribution >= 4 is 21.6 Å². The molecule has 0 radical (unpaired) electrons. The van der Waals surface area contributed by atoms with Crippen LogP contribution in [0.25, 0.3) is 0 Å². The van der Waals surface area contributed by atoms with Gasteiger partial charge in [0.2, 0.25) is 0 Å². The van der Waals surface area contributed by atoms with E-state index in [4.69, 9.17) is 4.74 Å². The van der Waals surface area contributed by atoms with Gasteiger partial charge in [0.1, 0.15) is 11.6 Å². The van der Waals surface area contributed by atoms with Crippen molar-refractivity contribution < 1.29 is 44.3 Å². The molecule has 34 heavy (non-hydrogen) atoms. The average Bonchev–Trinajstić information content (AvgIpc) is 2.75.